The van der Waals surface area contributed by atoms with Gasteiger partial charge in [-0.3, -0.25) is 9.59 Å². The normalized spacial score (nSPS) is 13.5. The van der Waals surface area contributed by atoms with Crippen LogP contribution in [0, 0.1) is 0 Å². The summed E-state index contributed by atoms with van der Waals surface area (Å²) in [6.45, 7) is 0. The van der Waals surface area contributed by atoms with Gasteiger partial charge in [0.25, 0.3) is 5.91 Å². The van der Waals surface area contributed by atoms with Crippen LogP contribution in [0.2, 0.25) is 0 Å². The minimum absolute atomic E-state index is 0.135. The maximum Gasteiger partial charge on any atom is 0.254 e. The highest BCUT2D eigenvalue weighted by molar-refractivity contribution is 7.91. The van der Waals surface area contributed by atoms with E-state index in [2.05, 4.69) is 5.32 Å². The first-order chi connectivity index (χ1) is 12.8. The van der Waals surface area contributed by atoms with Crippen molar-refractivity contribution >= 4 is 21.7 Å². The van der Waals surface area contributed by atoms with Gasteiger partial charge in [0.15, 0.2) is 15.9 Å². The summed E-state index contributed by atoms with van der Waals surface area (Å²) in [7, 11) is -2.22. The summed E-state index contributed by atoms with van der Waals surface area (Å²) >= 11 is 0. The standard InChI is InChI=1S/C19H22N2O5S/c1-26-17(14-8-4-2-5-9-14)19(23)21-16(18(20)22)12-13-27(24,25)15-10-6-3-7-11-15/h2-11,16-17H,12-13H2,1H3,(H2,20,22)(H,21,23)/t16-,17-/m0/s1. The number of nitrogens with two attached hydrogens (primary N) is 1. The number of hydrogen-bond donors (Lipinski definition) is 2. The molecule has 2 amide bonds. The highest BCUT2D eigenvalue weighted by Gasteiger charge is 2.27. The van der Waals surface area contributed by atoms with Gasteiger partial charge in [-0.05, 0) is 24.1 Å². The molecule has 27 heavy (non-hydrogen) atoms. The molecule has 0 saturated heterocycles. The number of carbonyl (C=O) groups excluding carboxylic acids is 2. The van der Waals surface area contributed by atoms with Crippen LogP contribution in [0.1, 0.15) is 18.1 Å². The van der Waals surface area contributed by atoms with E-state index in [1.54, 1.807) is 48.5 Å². The topological polar surface area (TPSA) is 116 Å². The molecule has 0 aliphatic heterocycles. The van der Waals surface area contributed by atoms with Gasteiger partial charge in [0.2, 0.25) is 5.91 Å². The van der Waals surface area contributed by atoms with Crippen LogP contribution < -0.4 is 11.1 Å². The summed E-state index contributed by atoms with van der Waals surface area (Å²) in [5.41, 5.74) is 5.95. The monoisotopic (exact) mass is 390 g/mol. The van der Waals surface area contributed by atoms with Gasteiger partial charge in [-0.1, -0.05) is 48.5 Å². The van der Waals surface area contributed by atoms with Crippen LogP contribution in [-0.4, -0.2) is 39.1 Å². The number of carbonyl (C=O) groups is 2. The molecule has 0 fully saturated rings. The lowest BCUT2D eigenvalue weighted by molar-refractivity contribution is -0.135. The first kappa shape index (κ1) is 20.6. The Morgan fingerprint density at radius 2 is 1.59 bits per heavy atom. The van der Waals surface area contributed by atoms with Crippen molar-refractivity contribution in [3.8, 4) is 0 Å². The van der Waals surface area contributed by atoms with Crippen LogP contribution in [0.4, 0.5) is 0 Å². The summed E-state index contributed by atoms with van der Waals surface area (Å²) in [5.74, 6) is -1.70. The van der Waals surface area contributed by atoms with Crippen molar-refractivity contribution in [2.24, 2.45) is 5.73 Å². The molecule has 2 aromatic rings. The van der Waals surface area contributed by atoms with E-state index in [1.807, 2.05) is 0 Å². The molecular weight excluding hydrogens is 368 g/mol. The second-order valence-electron chi connectivity index (χ2n) is 5.91. The fourth-order valence-electron chi connectivity index (χ4n) is 2.57. The molecule has 0 aromatic heterocycles. The number of methoxy groups -OCH3 is 1. The highest BCUT2D eigenvalue weighted by Crippen LogP contribution is 2.17. The highest BCUT2D eigenvalue weighted by atomic mass is 32.2. The van der Waals surface area contributed by atoms with Gasteiger partial charge in [0, 0.05) is 7.11 Å². The minimum Gasteiger partial charge on any atom is -0.368 e. The van der Waals surface area contributed by atoms with Crippen molar-refractivity contribution in [1.82, 2.24) is 5.32 Å². The van der Waals surface area contributed by atoms with Gasteiger partial charge in [-0.2, -0.15) is 0 Å². The number of ether oxygens (including phenoxy) is 1. The predicted molar refractivity (Wildman–Crippen MR) is 100 cm³/mol. The minimum atomic E-state index is -3.59. The molecule has 2 rings (SSSR count). The number of rotatable bonds is 9. The quantitative estimate of drug-likeness (QED) is 0.668. The molecule has 2 atom stereocenters. The third kappa shape index (κ3) is 5.63. The number of hydrogen-bond acceptors (Lipinski definition) is 5. The summed E-state index contributed by atoms with van der Waals surface area (Å²) in [6, 6.07) is 15.5. The molecule has 0 saturated carbocycles. The lowest BCUT2D eigenvalue weighted by Gasteiger charge is -2.20. The van der Waals surface area contributed by atoms with Crippen LogP contribution in [0.3, 0.4) is 0 Å². The maximum absolute atomic E-state index is 12.5. The van der Waals surface area contributed by atoms with E-state index in [-0.39, 0.29) is 17.1 Å². The number of benzene rings is 2. The van der Waals surface area contributed by atoms with Gasteiger partial charge >= 0.3 is 0 Å². The van der Waals surface area contributed by atoms with Gasteiger partial charge in [0.05, 0.1) is 10.6 Å². The van der Waals surface area contributed by atoms with E-state index >= 15 is 0 Å². The van der Waals surface area contributed by atoms with Crippen LogP contribution in [0.15, 0.2) is 65.6 Å². The van der Waals surface area contributed by atoms with Crippen molar-refractivity contribution in [3.63, 3.8) is 0 Å². The zero-order valence-electron chi connectivity index (χ0n) is 14.9. The molecule has 144 valence electrons. The second-order valence-corrected chi connectivity index (χ2v) is 8.02. The van der Waals surface area contributed by atoms with E-state index in [1.165, 1.54) is 19.2 Å². The SMILES string of the molecule is CO[C@H](C(=O)N[C@@H](CCS(=O)(=O)c1ccccc1)C(N)=O)c1ccccc1. The number of sulfone groups is 1. The van der Waals surface area contributed by atoms with Crippen molar-refractivity contribution in [3.05, 3.63) is 66.2 Å². The van der Waals surface area contributed by atoms with Gasteiger partial charge in [0.1, 0.15) is 6.04 Å². The van der Waals surface area contributed by atoms with E-state index in [0.717, 1.165) is 0 Å². The summed E-state index contributed by atoms with van der Waals surface area (Å²) < 4.78 is 29.9. The van der Waals surface area contributed by atoms with Crippen molar-refractivity contribution in [1.29, 1.82) is 0 Å². The van der Waals surface area contributed by atoms with Crippen molar-refractivity contribution < 1.29 is 22.7 Å². The fourth-order valence-corrected chi connectivity index (χ4v) is 3.93. The second kappa shape index (κ2) is 9.29. The number of nitrogens with one attached hydrogen (secondary N) is 1. The van der Waals surface area contributed by atoms with Crippen LogP contribution in [0.5, 0.6) is 0 Å². The third-order valence-electron chi connectivity index (χ3n) is 4.01. The van der Waals surface area contributed by atoms with Crippen molar-refractivity contribution in [2.45, 2.75) is 23.5 Å². The number of amides is 2. The molecule has 0 bridgehead atoms. The molecule has 0 spiro atoms. The fraction of sp³-hybridized carbons (Fsp3) is 0.263. The Balaban J connectivity index is 2.07. The Bertz CT molecular complexity index is 869. The Morgan fingerprint density at radius 3 is 2.11 bits per heavy atom. The average molecular weight is 390 g/mol. The Morgan fingerprint density at radius 1 is 1.04 bits per heavy atom. The van der Waals surface area contributed by atoms with Crippen LogP contribution in [-0.2, 0) is 24.2 Å². The Kier molecular flexibility index (Phi) is 7.09. The average Bonchev–Trinajstić information content (AvgIpc) is 2.67. The molecule has 2 aromatic carbocycles. The lowest BCUT2D eigenvalue weighted by Crippen LogP contribution is -2.47. The van der Waals surface area contributed by atoms with Gasteiger partial charge in [-0.25, -0.2) is 8.42 Å². The first-order valence-electron chi connectivity index (χ1n) is 8.30. The Labute approximate surface area is 158 Å². The molecule has 0 aliphatic carbocycles. The van der Waals surface area contributed by atoms with Crippen LogP contribution in [0.25, 0.3) is 0 Å². The van der Waals surface area contributed by atoms with Gasteiger partial charge < -0.3 is 15.8 Å². The first-order valence-corrected chi connectivity index (χ1v) is 9.95. The molecule has 3 N–H and O–H groups in total. The molecule has 0 aliphatic rings. The summed E-state index contributed by atoms with van der Waals surface area (Å²) in [6.07, 6.45) is -1.07. The smallest absolute Gasteiger partial charge is 0.254 e. The molecule has 7 nitrogen and oxygen atoms in total. The number of primary amides is 1. The van der Waals surface area contributed by atoms with E-state index in [9.17, 15) is 18.0 Å². The molecular formula is C19H22N2O5S. The van der Waals surface area contributed by atoms with E-state index in [0.29, 0.717) is 5.56 Å². The molecule has 8 heteroatoms. The van der Waals surface area contributed by atoms with Crippen LogP contribution >= 0.6 is 0 Å². The third-order valence-corrected chi connectivity index (χ3v) is 5.78. The van der Waals surface area contributed by atoms with E-state index < -0.39 is 33.8 Å². The van der Waals surface area contributed by atoms with Gasteiger partial charge in [-0.15, -0.1) is 0 Å². The summed E-state index contributed by atoms with van der Waals surface area (Å²) in [5, 5.41) is 2.49. The molecule has 0 unspecified atom stereocenters. The predicted octanol–water partition coefficient (Wildman–Crippen LogP) is 1.21. The summed E-state index contributed by atoms with van der Waals surface area (Å²) in [4.78, 5) is 24.3. The zero-order valence-corrected chi connectivity index (χ0v) is 15.7. The largest absolute Gasteiger partial charge is 0.368 e. The maximum atomic E-state index is 12.5. The molecule has 0 radical (unpaired) electrons. The molecule has 0 heterocycles. The lowest BCUT2D eigenvalue weighted by atomic mass is 10.1. The Hall–Kier alpha value is -2.71. The van der Waals surface area contributed by atoms with E-state index in [4.69, 9.17) is 10.5 Å². The van der Waals surface area contributed by atoms with Crippen molar-refractivity contribution in [2.75, 3.05) is 12.9 Å². The zero-order chi connectivity index (χ0) is 19.9.